The van der Waals surface area contributed by atoms with Gasteiger partial charge in [0.1, 0.15) is 0 Å². The quantitative estimate of drug-likeness (QED) is 0.890. The maximum atomic E-state index is 12.4. The minimum atomic E-state index is -0.609. The Labute approximate surface area is 131 Å². The number of amides is 1. The predicted molar refractivity (Wildman–Crippen MR) is 86.5 cm³/mol. The van der Waals surface area contributed by atoms with Crippen molar-refractivity contribution in [3.8, 4) is 0 Å². The highest BCUT2D eigenvalue weighted by Gasteiger charge is 2.30. The van der Waals surface area contributed by atoms with Gasteiger partial charge < -0.3 is 10.3 Å². The molecule has 1 aliphatic rings. The van der Waals surface area contributed by atoms with E-state index in [1.165, 1.54) is 24.8 Å². The molecule has 0 atom stereocenters. The lowest BCUT2D eigenvalue weighted by Crippen LogP contribution is -2.40. The molecule has 0 saturated heterocycles. The molecular weight excluding hydrogens is 274 g/mol. The summed E-state index contributed by atoms with van der Waals surface area (Å²) in [5, 5.41) is 3.02. The van der Waals surface area contributed by atoms with Crippen LogP contribution >= 0.6 is 0 Å². The van der Waals surface area contributed by atoms with Crippen LogP contribution in [0.2, 0.25) is 0 Å². The number of imidazole rings is 1. The van der Waals surface area contributed by atoms with Crippen molar-refractivity contribution in [2.45, 2.75) is 51.0 Å². The Morgan fingerprint density at radius 1 is 1.32 bits per heavy atom. The minimum Gasteiger partial charge on any atom is -0.351 e. The van der Waals surface area contributed by atoms with E-state index >= 15 is 0 Å². The largest absolute Gasteiger partial charge is 0.351 e. The summed E-state index contributed by atoms with van der Waals surface area (Å²) in [4.78, 5) is 19.4. The van der Waals surface area contributed by atoms with Crippen molar-refractivity contribution in [3.63, 3.8) is 0 Å². The lowest BCUT2D eigenvalue weighted by molar-refractivity contribution is -0.125. The molecule has 1 aromatic heterocycles. The molecule has 0 unspecified atom stereocenters. The maximum absolute atomic E-state index is 12.4. The summed E-state index contributed by atoms with van der Waals surface area (Å²) in [6.07, 6.45) is 7.28. The second kappa shape index (κ2) is 5.95. The number of benzene rings is 1. The van der Waals surface area contributed by atoms with Gasteiger partial charge in [0.25, 0.3) is 0 Å². The van der Waals surface area contributed by atoms with E-state index in [9.17, 15) is 4.79 Å². The molecule has 0 aliphatic heterocycles. The van der Waals surface area contributed by atoms with Crippen LogP contribution in [0, 0.1) is 0 Å². The molecule has 22 heavy (non-hydrogen) atoms. The van der Waals surface area contributed by atoms with Gasteiger partial charge in [-0.25, -0.2) is 4.98 Å². The number of aromatic amines is 1. The fourth-order valence-corrected chi connectivity index (χ4v) is 2.77. The van der Waals surface area contributed by atoms with Gasteiger partial charge in [-0.2, -0.15) is 0 Å². The normalized spacial score (nSPS) is 15.4. The van der Waals surface area contributed by atoms with E-state index < -0.39 is 5.41 Å². The van der Waals surface area contributed by atoms with E-state index in [0.29, 0.717) is 6.54 Å². The van der Waals surface area contributed by atoms with Crippen molar-refractivity contribution in [1.82, 2.24) is 15.3 Å². The number of nitrogens with zero attached hydrogens (tertiary/aromatic N) is 1. The third kappa shape index (κ3) is 2.91. The van der Waals surface area contributed by atoms with Crippen molar-refractivity contribution in [2.75, 3.05) is 0 Å². The van der Waals surface area contributed by atoms with E-state index in [0.717, 1.165) is 17.2 Å². The van der Waals surface area contributed by atoms with E-state index in [4.69, 9.17) is 0 Å². The molecule has 2 aromatic rings. The summed E-state index contributed by atoms with van der Waals surface area (Å²) in [6.45, 7) is 4.35. The van der Waals surface area contributed by atoms with Gasteiger partial charge in [0.05, 0.1) is 11.7 Å². The van der Waals surface area contributed by atoms with Gasteiger partial charge in [-0.15, -0.1) is 0 Å². The Morgan fingerprint density at radius 3 is 2.59 bits per heavy atom. The molecule has 0 spiro atoms. The SMILES string of the molecule is CC(C)(C(=O)NCc1ccc(C2CCC2)cc1)c1cnc[nH]1. The highest BCUT2D eigenvalue weighted by atomic mass is 16.2. The number of hydrogen-bond donors (Lipinski definition) is 2. The molecule has 4 nitrogen and oxygen atoms in total. The van der Waals surface area contributed by atoms with Gasteiger partial charge in [0, 0.05) is 18.4 Å². The third-order valence-corrected chi connectivity index (χ3v) is 4.75. The van der Waals surface area contributed by atoms with Crippen LogP contribution in [-0.4, -0.2) is 15.9 Å². The van der Waals surface area contributed by atoms with E-state index in [1.807, 2.05) is 13.8 Å². The third-order valence-electron chi connectivity index (χ3n) is 4.75. The minimum absolute atomic E-state index is 0.000167. The summed E-state index contributed by atoms with van der Waals surface area (Å²) < 4.78 is 0. The van der Waals surface area contributed by atoms with Crippen LogP contribution in [0.3, 0.4) is 0 Å². The highest BCUT2D eigenvalue weighted by molar-refractivity contribution is 5.86. The molecule has 1 fully saturated rings. The van der Waals surface area contributed by atoms with E-state index in [1.54, 1.807) is 12.5 Å². The molecule has 116 valence electrons. The Balaban J connectivity index is 1.58. The van der Waals surface area contributed by atoms with Crippen molar-refractivity contribution in [2.24, 2.45) is 0 Å². The Bertz CT molecular complexity index is 625. The zero-order chi connectivity index (χ0) is 15.6. The fraction of sp³-hybridized carbons (Fsp3) is 0.444. The topological polar surface area (TPSA) is 57.8 Å². The molecule has 1 amide bonds. The van der Waals surface area contributed by atoms with Crippen molar-refractivity contribution >= 4 is 5.91 Å². The first-order chi connectivity index (χ1) is 10.6. The zero-order valence-electron chi connectivity index (χ0n) is 13.2. The van der Waals surface area contributed by atoms with Crippen LogP contribution in [0.15, 0.2) is 36.8 Å². The van der Waals surface area contributed by atoms with Crippen molar-refractivity contribution < 1.29 is 4.79 Å². The maximum Gasteiger partial charge on any atom is 0.231 e. The number of carbonyl (C=O) groups excluding carboxylic acids is 1. The number of rotatable bonds is 5. The van der Waals surface area contributed by atoms with Gasteiger partial charge in [0.15, 0.2) is 0 Å². The van der Waals surface area contributed by atoms with Gasteiger partial charge in [-0.1, -0.05) is 30.7 Å². The van der Waals surface area contributed by atoms with Crippen LogP contribution < -0.4 is 5.32 Å². The summed E-state index contributed by atoms with van der Waals surface area (Å²) in [5.41, 5.74) is 2.78. The zero-order valence-corrected chi connectivity index (χ0v) is 13.2. The second-order valence-corrected chi connectivity index (χ2v) is 6.64. The van der Waals surface area contributed by atoms with Crippen molar-refractivity contribution in [1.29, 1.82) is 0 Å². The molecule has 2 N–H and O–H groups in total. The summed E-state index contributed by atoms with van der Waals surface area (Å²) in [5.74, 6) is 0.753. The van der Waals surface area contributed by atoms with Crippen LogP contribution in [0.1, 0.15) is 55.8 Å². The number of aromatic nitrogens is 2. The van der Waals surface area contributed by atoms with Gasteiger partial charge in [-0.05, 0) is 43.7 Å². The summed E-state index contributed by atoms with van der Waals surface area (Å²) >= 11 is 0. The molecular formula is C18H23N3O. The van der Waals surface area contributed by atoms with Crippen LogP contribution in [0.4, 0.5) is 0 Å². The van der Waals surface area contributed by atoms with Crippen LogP contribution in [0.5, 0.6) is 0 Å². The molecule has 1 saturated carbocycles. The smallest absolute Gasteiger partial charge is 0.231 e. The van der Waals surface area contributed by atoms with Gasteiger partial charge in [0.2, 0.25) is 5.91 Å². The van der Waals surface area contributed by atoms with Crippen LogP contribution in [-0.2, 0) is 16.8 Å². The van der Waals surface area contributed by atoms with Gasteiger partial charge >= 0.3 is 0 Å². The number of carbonyl (C=O) groups is 1. The second-order valence-electron chi connectivity index (χ2n) is 6.64. The molecule has 0 bridgehead atoms. The number of H-pyrrole nitrogens is 1. The summed E-state index contributed by atoms with van der Waals surface area (Å²) in [7, 11) is 0. The highest BCUT2D eigenvalue weighted by Crippen LogP contribution is 2.36. The van der Waals surface area contributed by atoms with Gasteiger partial charge in [-0.3, -0.25) is 4.79 Å². The fourth-order valence-electron chi connectivity index (χ4n) is 2.77. The Morgan fingerprint density at radius 2 is 2.05 bits per heavy atom. The Hall–Kier alpha value is -2.10. The molecule has 3 rings (SSSR count). The van der Waals surface area contributed by atoms with Crippen molar-refractivity contribution in [3.05, 3.63) is 53.6 Å². The first-order valence-electron chi connectivity index (χ1n) is 7.93. The predicted octanol–water partition coefficient (Wildman–Crippen LogP) is 3.27. The lowest BCUT2D eigenvalue weighted by atomic mass is 9.80. The monoisotopic (exact) mass is 297 g/mol. The molecule has 1 aliphatic carbocycles. The average Bonchev–Trinajstić information content (AvgIpc) is 2.99. The molecule has 1 aromatic carbocycles. The average molecular weight is 297 g/mol. The molecule has 4 heteroatoms. The number of hydrogen-bond acceptors (Lipinski definition) is 2. The molecule has 0 radical (unpaired) electrons. The standard InChI is InChI=1S/C18H23N3O/c1-18(2,16-11-19-12-21-16)17(22)20-10-13-6-8-15(9-7-13)14-4-3-5-14/h6-9,11-12,14H,3-5,10H2,1-2H3,(H,19,21)(H,20,22). The van der Waals surface area contributed by atoms with E-state index in [-0.39, 0.29) is 5.91 Å². The molecule has 1 heterocycles. The summed E-state index contributed by atoms with van der Waals surface area (Å²) in [6, 6.07) is 8.64. The van der Waals surface area contributed by atoms with E-state index in [2.05, 4.69) is 39.6 Å². The lowest BCUT2D eigenvalue weighted by Gasteiger charge is -2.26. The first-order valence-corrected chi connectivity index (χ1v) is 7.93. The van der Waals surface area contributed by atoms with Crippen LogP contribution in [0.25, 0.3) is 0 Å². The number of nitrogens with one attached hydrogen (secondary N) is 2. The first kappa shape index (κ1) is 14.8. The Kier molecular flexibility index (Phi) is 4.01.